The maximum absolute atomic E-state index is 5.36. The number of hydrogen-bond acceptors (Lipinski definition) is 4. The van der Waals surface area contributed by atoms with E-state index in [1.54, 1.807) is 0 Å². The summed E-state index contributed by atoms with van der Waals surface area (Å²) in [6, 6.07) is 4.31. The van der Waals surface area contributed by atoms with Crippen molar-refractivity contribution < 1.29 is 9.47 Å². The molecule has 0 bridgehead atoms. The lowest BCUT2D eigenvalue weighted by atomic mass is 10.0. The van der Waals surface area contributed by atoms with Crippen LogP contribution in [-0.4, -0.2) is 19.6 Å². The second kappa shape index (κ2) is 4.33. The first-order valence-electron chi connectivity index (χ1n) is 4.94. The van der Waals surface area contributed by atoms with Crippen molar-refractivity contribution in [1.82, 2.24) is 5.32 Å². The van der Waals surface area contributed by atoms with E-state index in [0.29, 0.717) is 6.79 Å². The number of nitrogens with one attached hydrogen (secondary N) is 1. The molecule has 0 aromatic heterocycles. The Hall–Kier alpha value is -0.870. The molecule has 0 amide bonds. The number of thiol groups is 1. The van der Waals surface area contributed by atoms with Crippen molar-refractivity contribution in [3.05, 3.63) is 23.3 Å². The van der Waals surface area contributed by atoms with E-state index in [-0.39, 0.29) is 6.04 Å². The number of rotatable bonds is 3. The van der Waals surface area contributed by atoms with Crippen LogP contribution in [0, 0.1) is 6.92 Å². The van der Waals surface area contributed by atoms with Gasteiger partial charge in [0.2, 0.25) is 6.79 Å². The summed E-state index contributed by atoms with van der Waals surface area (Å²) in [6.45, 7) is 2.40. The van der Waals surface area contributed by atoms with Gasteiger partial charge in [-0.05, 0) is 37.2 Å². The molecule has 15 heavy (non-hydrogen) atoms. The molecule has 0 saturated heterocycles. The Morgan fingerprint density at radius 1 is 1.40 bits per heavy atom. The third-order valence-electron chi connectivity index (χ3n) is 2.67. The second-order valence-electron chi connectivity index (χ2n) is 3.59. The van der Waals surface area contributed by atoms with Gasteiger partial charge in [0, 0.05) is 11.8 Å². The van der Waals surface area contributed by atoms with E-state index in [1.165, 1.54) is 11.1 Å². The van der Waals surface area contributed by atoms with Crippen LogP contribution in [0.2, 0.25) is 0 Å². The predicted octanol–water partition coefficient (Wildman–Crippen LogP) is 1.91. The maximum atomic E-state index is 5.36. The zero-order valence-electron chi connectivity index (χ0n) is 8.91. The first-order valence-corrected chi connectivity index (χ1v) is 5.57. The van der Waals surface area contributed by atoms with Crippen molar-refractivity contribution in [2.45, 2.75) is 13.0 Å². The summed E-state index contributed by atoms with van der Waals surface area (Å²) in [5, 5.41) is 3.23. The summed E-state index contributed by atoms with van der Waals surface area (Å²) in [7, 11) is 1.94. The third kappa shape index (κ3) is 1.92. The van der Waals surface area contributed by atoms with Crippen LogP contribution in [0.4, 0.5) is 0 Å². The molecular formula is C11H15NO2S. The van der Waals surface area contributed by atoms with Crippen molar-refractivity contribution >= 4 is 12.6 Å². The molecule has 1 aromatic rings. The fraction of sp³-hybridized carbons (Fsp3) is 0.455. The molecule has 82 valence electrons. The molecular weight excluding hydrogens is 210 g/mol. The normalized spacial score (nSPS) is 15.4. The smallest absolute Gasteiger partial charge is 0.231 e. The number of ether oxygens (including phenoxy) is 2. The molecule has 3 nitrogen and oxygen atoms in total. The third-order valence-corrected chi connectivity index (χ3v) is 3.03. The fourth-order valence-electron chi connectivity index (χ4n) is 1.78. The van der Waals surface area contributed by atoms with Crippen molar-refractivity contribution in [2.75, 3.05) is 19.6 Å². The summed E-state index contributed by atoms with van der Waals surface area (Å²) in [4.78, 5) is 0. The Morgan fingerprint density at radius 2 is 2.07 bits per heavy atom. The molecule has 0 spiro atoms. The number of hydrogen-bond donors (Lipinski definition) is 2. The molecule has 1 aliphatic heterocycles. The summed E-state index contributed by atoms with van der Waals surface area (Å²) < 4.78 is 10.7. The van der Waals surface area contributed by atoms with Crippen LogP contribution in [0.25, 0.3) is 0 Å². The van der Waals surface area contributed by atoms with Gasteiger partial charge in [0.25, 0.3) is 0 Å². The summed E-state index contributed by atoms with van der Waals surface area (Å²) in [5.41, 5.74) is 2.42. The monoisotopic (exact) mass is 225 g/mol. The molecule has 1 heterocycles. The molecule has 0 radical (unpaired) electrons. The van der Waals surface area contributed by atoms with Gasteiger partial charge in [0.15, 0.2) is 11.5 Å². The molecule has 4 heteroatoms. The van der Waals surface area contributed by atoms with Gasteiger partial charge in [-0.15, -0.1) is 0 Å². The van der Waals surface area contributed by atoms with Gasteiger partial charge >= 0.3 is 0 Å². The molecule has 1 unspecified atom stereocenters. The largest absolute Gasteiger partial charge is 0.454 e. The number of aryl methyl sites for hydroxylation is 1. The van der Waals surface area contributed by atoms with Crippen molar-refractivity contribution in [1.29, 1.82) is 0 Å². The summed E-state index contributed by atoms with van der Waals surface area (Å²) in [5.74, 6) is 2.43. The Morgan fingerprint density at radius 3 is 2.67 bits per heavy atom. The van der Waals surface area contributed by atoms with Crippen molar-refractivity contribution in [3.63, 3.8) is 0 Å². The van der Waals surface area contributed by atoms with Gasteiger partial charge in [0.05, 0.1) is 0 Å². The predicted molar refractivity (Wildman–Crippen MR) is 63.0 cm³/mol. The van der Waals surface area contributed by atoms with E-state index < -0.39 is 0 Å². The lowest BCUT2D eigenvalue weighted by molar-refractivity contribution is 0.174. The second-order valence-corrected chi connectivity index (χ2v) is 3.95. The van der Waals surface area contributed by atoms with Gasteiger partial charge in [-0.3, -0.25) is 0 Å². The minimum Gasteiger partial charge on any atom is -0.454 e. The SMILES string of the molecule is CNC(CS)c1cc2c(cc1C)OCO2. The quantitative estimate of drug-likeness (QED) is 0.770. The lowest BCUT2D eigenvalue weighted by Gasteiger charge is -2.16. The first-order chi connectivity index (χ1) is 7.26. The molecule has 0 aliphatic carbocycles. The van der Waals surface area contributed by atoms with Gasteiger partial charge in [-0.25, -0.2) is 0 Å². The Labute approximate surface area is 95.2 Å². The molecule has 0 saturated carbocycles. The average molecular weight is 225 g/mol. The highest BCUT2D eigenvalue weighted by Crippen LogP contribution is 2.36. The molecule has 0 fully saturated rings. The Bertz CT molecular complexity index is 364. The van der Waals surface area contributed by atoms with Crippen LogP contribution in [0.1, 0.15) is 17.2 Å². The van der Waals surface area contributed by atoms with Gasteiger partial charge in [-0.1, -0.05) is 0 Å². The average Bonchev–Trinajstić information content (AvgIpc) is 2.67. The first kappa shape index (κ1) is 10.6. The van der Waals surface area contributed by atoms with E-state index in [1.807, 2.05) is 19.2 Å². The standard InChI is InChI=1S/C11H15NO2S/c1-7-3-10-11(14-6-13-10)4-8(7)9(5-15)12-2/h3-4,9,12,15H,5-6H2,1-2H3. The maximum Gasteiger partial charge on any atom is 0.231 e. The lowest BCUT2D eigenvalue weighted by Crippen LogP contribution is -2.18. The van der Waals surface area contributed by atoms with E-state index in [2.05, 4.69) is 24.9 Å². The van der Waals surface area contributed by atoms with Crippen LogP contribution in [0.5, 0.6) is 11.5 Å². The van der Waals surface area contributed by atoms with Gasteiger partial charge in [-0.2, -0.15) is 12.6 Å². The summed E-state index contributed by atoms with van der Waals surface area (Å²) in [6.07, 6.45) is 0. The fourth-order valence-corrected chi connectivity index (χ4v) is 2.16. The zero-order valence-corrected chi connectivity index (χ0v) is 9.80. The van der Waals surface area contributed by atoms with Crippen LogP contribution in [0.15, 0.2) is 12.1 Å². The topological polar surface area (TPSA) is 30.5 Å². The molecule has 1 atom stereocenters. The van der Waals surface area contributed by atoms with E-state index >= 15 is 0 Å². The van der Waals surface area contributed by atoms with Crippen molar-refractivity contribution in [3.8, 4) is 11.5 Å². The van der Waals surface area contributed by atoms with Crippen LogP contribution in [-0.2, 0) is 0 Å². The van der Waals surface area contributed by atoms with Gasteiger partial charge in [0.1, 0.15) is 0 Å². The minimum absolute atomic E-state index is 0.253. The van der Waals surface area contributed by atoms with Gasteiger partial charge < -0.3 is 14.8 Å². The molecule has 2 rings (SSSR count). The molecule has 1 aliphatic rings. The summed E-state index contributed by atoms with van der Waals surface area (Å²) >= 11 is 4.32. The van der Waals surface area contributed by atoms with E-state index in [9.17, 15) is 0 Å². The van der Waals surface area contributed by atoms with Crippen LogP contribution in [0.3, 0.4) is 0 Å². The zero-order chi connectivity index (χ0) is 10.8. The molecule has 1 aromatic carbocycles. The number of benzene rings is 1. The highest BCUT2D eigenvalue weighted by atomic mass is 32.1. The van der Waals surface area contributed by atoms with Crippen molar-refractivity contribution in [2.24, 2.45) is 0 Å². The van der Waals surface area contributed by atoms with E-state index in [0.717, 1.165) is 17.3 Å². The number of fused-ring (bicyclic) bond motifs is 1. The highest BCUT2D eigenvalue weighted by Gasteiger charge is 2.18. The van der Waals surface area contributed by atoms with E-state index in [4.69, 9.17) is 9.47 Å². The highest BCUT2D eigenvalue weighted by molar-refractivity contribution is 7.80. The van der Waals surface area contributed by atoms with Crippen LogP contribution < -0.4 is 14.8 Å². The minimum atomic E-state index is 0.253. The Kier molecular flexibility index (Phi) is 3.07. The Balaban J connectivity index is 2.39. The van der Waals surface area contributed by atoms with Crippen LogP contribution >= 0.6 is 12.6 Å². The molecule has 1 N–H and O–H groups in total.